The van der Waals surface area contributed by atoms with Gasteiger partial charge in [-0.15, -0.1) is 10.2 Å². The Bertz CT molecular complexity index is 1140. The van der Waals surface area contributed by atoms with Gasteiger partial charge in [-0.05, 0) is 48.6 Å². The second kappa shape index (κ2) is 10.8. The van der Waals surface area contributed by atoms with Gasteiger partial charge in [-0.25, -0.2) is 0 Å². The van der Waals surface area contributed by atoms with E-state index in [1.54, 1.807) is 29.2 Å². The van der Waals surface area contributed by atoms with E-state index in [0.717, 1.165) is 11.3 Å². The molecule has 1 atom stereocenters. The van der Waals surface area contributed by atoms with Crippen LogP contribution in [0.5, 0.6) is 0 Å². The minimum Gasteiger partial charge on any atom is -0.413 e. The molecule has 1 aromatic heterocycles. The van der Waals surface area contributed by atoms with Crippen molar-refractivity contribution in [3.63, 3.8) is 0 Å². The van der Waals surface area contributed by atoms with Crippen molar-refractivity contribution in [2.45, 2.75) is 45.6 Å². The summed E-state index contributed by atoms with van der Waals surface area (Å²) in [5.41, 5.74) is 1.93. The molecule has 2 heterocycles. The van der Waals surface area contributed by atoms with Crippen molar-refractivity contribution >= 4 is 11.6 Å². The molecule has 0 saturated carbocycles. The Hall–Kier alpha value is -3.24. The molecule has 1 aliphatic rings. The zero-order valence-electron chi connectivity index (χ0n) is 20.2. The quantitative estimate of drug-likeness (QED) is 0.491. The van der Waals surface area contributed by atoms with Crippen molar-refractivity contribution in [2.24, 2.45) is 11.8 Å². The maximum Gasteiger partial charge on any atom is 0.470 e. The van der Waals surface area contributed by atoms with Crippen LogP contribution >= 0.6 is 0 Å². The zero-order chi connectivity index (χ0) is 25.9. The van der Waals surface area contributed by atoms with E-state index in [9.17, 15) is 23.1 Å². The number of aromatic nitrogens is 2. The minimum absolute atomic E-state index is 0.00989. The third kappa shape index (κ3) is 5.93. The van der Waals surface area contributed by atoms with Gasteiger partial charge in [0.05, 0.1) is 6.54 Å². The number of piperidine rings is 1. The van der Waals surface area contributed by atoms with Gasteiger partial charge in [0, 0.05) is 30.3 Å². The van der Waals surface area contributed by atoms with Crippen molar-refractivity contribution in [1.29, 1.82) is 0 Å². The van der Waals surface area contributed by atoms with Gasteiger partial charge in [0.15, 0.2) is 0 Å². The molecule has 10 heteroatoms. The van der Waals surface area contributed by atoms with Crippen LogP contribution in [0.4, 0.5) is 18.9 Å². The number of alkyl halides is 3. The van der Waals surface area contributed by atoms with Gasteiger partial charge in [0.25, 0.3) is 0 Å². The predicted octanol–water partition coefficient (Wildman–Crippen LogP) is 4.98. The number of aliphatic hydroxyl groups excluding tert-OH is 1. The summed E-state index contributed by atoms with van der Waals surface area (Å²) in [5.74, 6) is -1.65. The minimum atomic E-state index is -4.70. The molecule has 36 heavy (non-hydrogen) atoms. The van der Waals surface area contributed by atoms with Crippen LogP contribution in [-0.2, 0) is 17.5 Å². The number of anilines is 1. The number of aliphatic hydroxyl groups is 1. The van der Waals surface area contributed by atoms with Crippen LogP contribution in [0.3, 0.4) is 0 Å². The van der Waals surface area contributed by atoms with Crippen molar-refractivity contribution in [3.8, 4) is 11.5 Å². The number of hydrogen-bond acceptors (Lipinski definition) is 6. The molecule has 192 valence electrons. The van der Waals surface area contributed by atoms with E-state index in [4.69, 9.17) is 4.42 Å². The van der Waals surface area contributed by atoms with Crippen molar-refractivity contribution in [1.82, 2.24) is 15.1 Å². The fraction of sp³-hybridized carbons (Fsp3) is 0.423. The molecule has 2 aromatic carbocycles. The summed E-state index contributed by atoms with van der Waals surface area (Å²) in [5, 5.41) is 16.9. The first-order chi connectivity index (χ1) is 17.1. The Morgan fingerprint density at radius 1 is 1.08 bits per heavy atom. The Balaban J connectivity index is 1.49. The smallest absolute Gasteiger partial charge is 0.413 e. The highest BCUT2D eigenvalue weighted by molar-refractivity contribution is 5.95. The standard InChI is InChI=1S/C26H29F3N4O3/c1-17(2)23(34)32-14-12-20(13-15-32)24(35)33(21-6-4-3-5-7-21)16-18-8-10-19(11-9-18)22-30-31-25(36-22)26(27,28)29/h3-11,17,20,23,34H,12-16H2,1-2H3. The van der Waals surface area contributed by atoms with Crippen LogP contribution in [0.15, 0.2) is 59.0 Å². The topological polar surface area (TPSA) is 82.7 Å². The Kier molecular flexibility index (Phi) is 7.75. The molecule has 7 nitrogen and oxygen atoms in total. The lowest BCUT2D eigenvalue weighted by Crippen LogP contribution is -2.47. The zero-order valence-corrected chi connectivity index (χ0v) is 20.2. The third-order valence-corrected chi connectivity index (χ3v) is 6.39. The van der Waals surface area contributed by atoms with E-state index in [2.05, 4.69) is 10.2 Å². The number of nitrogens with zero attached hydrogens (tertiary/aromatic N) is 4. The summed E-state index contributed by atoms with van der Waals surface area (Å²) in [6.45, 7) is 5.54. The first kappa shape index (κ1) is 25.8. The van der Waals surface area contributed by atoms with Gasteiger partial charge in [0.1, 0.15) is 6.23 Å². The maximum absolute atomic E-state index is 13.6. The molecule has 4 rings (SSSR count). The summed E-state index contributed by atoms with van der Waals surface area (Å²) in [7, 11) is 0. The van der Waals surface area contributed by atoms with E-state index in [0.29, 0.717) is 38.0 Å². The Labute approximate surface area is 207 Å². The van der Waals surface area contributed by atoms with Crippen molar-refractivity contribution in [2.75, 3.05) is 18.0 Å². The largest absolute Gasteiger partial charge is 0.470 e. The number of halogens is 3. The highest BCUT2D eigenvalue weighted by Gasteiger charge is 2.38. The second-order valence-corrected chi connectivity index (χ2v) is 9.33. The molecule has 1 aliphatic heterocycles. The van der Waals surface area contributed by atoms with E-state index in [1.807, 2.05) is 49.1 Å². The number of rotatable bonds is 7. The molecule has 1 fully saturated rings. The number of carbonyl (C=O) groups excluding carboxylic acids is 1. The lowest BCUT2D eigenvalue weighted by atomic mass is 9.93. The summed E-state index contributed by atoms with van der Waals surface area (Å²) >= 11 is 0. The summed E-state index contributed by atoms with van der Waals surface area (Å²) < 4.78 is 43.0. The average molecular weight is 503 g/mol. The normalized spacial score (nSPS) is 16.3. The lowest BCUT2D eigenvalue weighted by Gasteiger charge is -2.37. The summed E-state index contributed by atoms with van der Waals surface area (Å²) in [4.78, 5) is 17.4. The molecule has 0 aliphatic carbocycles. The van der Waals surface area contributed by atoms with E-state index in [1.165, 1.54) is 0 Å². The first-order valence-corrected chi connectivity index (χ1v) is 11.9. The maximum atomic E-state index is 13.6. The fourth-order valence-corrected chi connectivity index (χ4v) is 4.35. The number of likely N-dealkylation sites (tertiary alicyclic amines) is 1. The predicted molar refractivity (Wildman–Crippen MR) is 128 cm³/mol. The molecular weight excluding hydrogens is 473 g/mol. The van der Waals surface area contributed by atoms with E-state index in [-0.39, 0.29) is 23.6 Å². The number of carbonyl (C=O) groups is 1. The first-order valence-electron chi connectivity index (χ1n) is 11.9. The monoisotopic (exact) mass is 502 g/mol. The molecule has 1 amide bonds. The van der Waals surface area contributed by atoms with Gasteiger partial charge in [-0.3, -0.25) is 9.69 Å². The highest BCUT2D eigenvalue weighted by Crippen LogP contribution is 2.31. The van der Waals surface area contributed by atoms with Crippen LogP contribution in [0.25, 0.3) is 11.5 Å². The highest BCUT2D eigenvalue weighted by atomic mass is 19.4. The SMILES string of the molecule is CC(C)C(O)N1CCC(C(=O)N(Cc2ccc(-c3nnc(C(F)(F)F)o3)cc2)c2ccccc2)CC1. The van der Waals surface area contributed by atoms with Gasteiger partial charge in [-0.1, -0.05) is 44.2 Å². The molecule has 0 bridgehead atoms. The summed E-state index contributed by atoms with van der Waals surface area (Å²) in [6, 6.07) is 16.0. The van der Waals surface area contributed by atoms with Gasteiger partial charge in [-0.2, -0.15) is 13.2 Å². The molecule has 1 N–H and O–H groups in total. The number of amides is 1. The van der Waals surface area contributed by atoms with Crippen LogP contribution in [0.1, 0.15) is 38.1 Å². The van der Waals surface area contributed by atoms with Gasteiger partial charge in [0.2, 0.25) is 11.8 Å². The molecular formula is C26H29F3N4O3. The summed E-state index contributed by atoms with van der Waals surface area (Å²) in [6.07, 6.45) is -3.91. The van der Waals surface area contributed by atoms with Gasteiger partial charge >= 0.3 is 12.1 Å². The average Bonchev–Trinajstić information content (AvgIpc) is 3.39. The molecule has 1 saturated heterocycles. The Morgan fingerprint density at radius 3 is 2.28 bits per heavy atom. The second-order valence-electron chi connectivity index (χ2n) is 9.33. The van der Waals surface area contributed by atoms with Crippen LogP contribution in [-0.4, -0.2) is 45.4 Å². The van der Waals surface area contributed by atoms with E-state index < -0.39 is 18.3 Å². The molecule has 0 radical (unpaired) electrons. The molecule has 1 unspecified atom stereocenters. The molecule has 3 aromatic rings. The van der Waals surface area contributed by atoms with Crippen molar-refractivity contribution in [3.05, 3.63) is 66.1 Å². The van der Waals surface area contributed by atoms with Crippen LogP contribution in [0, 0.1) is 11.8 Å². The fourth-order valence-electron chi connectivity index (χ4n) is 4.35. The third-order valence-electron chi connectivity index (χ3n) is 6.39. The number of benzene rings is 2. The number of hydrogen-bond donors (Lipinski definition) is 1. The molecule has 0 spiro atoms. The van der Waals surface area contributed by atoms with Crippen LogP contribution < -0.4 is 4.90 Å². The Morgan fingerprint density at radius 2 is 1.72 bits per heavy atom. The van der Waals surface area contributed by atoms with Crippen molar-refractivity contribution < 1.29 is 27.5 Å². The van der Waals surface area contributed by atoms with E-state index >= 15 is 0 Å². The van der Waals surface area contributed by atoms with Gasteiger partial charge < -0.3 is 14.4 Å². The number of para-hydroxylation sites is 1. The van der Waals surface area contributed by atoms with Crippen LogP contribution in [0.2, 0.25) is 0 Å². The lowest BCUT2D eigenvalue weighted by molar-refractivity contribution is -0.157.